The van der Waals surface area contributed by atoms with Gasteiger partial charge in [-0.15, -0.1) is 35.3 Å². The standard InChI is InChI=1S/C14H22N6S.HI/c1-9-11(3)21-13(19-9)5-6-16-14(15-4)17-7-12-8-18-20-10(12)2;/h8H,5-7H2,1-4H3,(H,18,20)(H2,15,16,17);1H. The topological polar surface area (TPSA) is 78.0 Å². The fourth-order valence-corrected chi connectivity index (χ4v) is 2.82. The van der Waals surface area contributed by atoms with Crippen molar-refractivity contribution in [2.45, 2.75) is 33.7 Å². The highest BCUT2D eigenvalue weighted by Crippen LogP contribution is 2.16. The Labute approximate surface area is 152 Å². The summed E-state index contributed by atoms with van der Waals surface area (Å²) in [7, 11) is 1.77. The molecule has 0 atom stereocenters. The first-order chi connectivity index (χ1) is 10.1. The molecule has 0 aliphatic heterocycles. The fraction of sp³-hybridized carbons (Fsp3) is 0.500. The normalized spacial score (nSPS) is 11.2. The number of guanidine groups is 1. The van der Waals surface area contributed by atoms with Crippen LogP contribution in [0.1, 0.15) is 26.8 Å². The summed E-state index contributed by atoms with van der Waals surface area (Å²) in [6.45, 7) is 7.69. The van der Waals surface area contributed by atoms with Crippen LogP contribution in [0.15, 0.2) is 11.2 Å². The van der Waals surface area contributed by atoms with Crippen LogP contribution in [-0.4, -0.2) is 34.7 Å². The molecular formula is C14H23IN6S. The molecule has 0 saturated carbocycles. The van der Waals surface area contributed by atoms with Gasteiger partial charge in [-0.25, -0.2) is 4.98 Å². The average Bonchev–Trinajstić information content (AvgIpc) is 3.00. The number of aryl methyl sites for hydroxylation is 3. The molecule has 3 N–H and O–H groups in total. The van der Waals surface area contributed by atoms with Gasteiger partial charge in [-0.3, -0.25) is 10.1 Å². The minimum atomic E-state index is 0. The second kappa shape index (κ2) is 9.09. The van der Waals surface area contributed by atoms with Gasteiger partial charge in [0, 0.05) is 42.7 Å². The summed E-state index contributed by atoms with van der Waals surface area (Å²) < 4.78 is 0. The van der Waals surface area contributed by atoms with Crippen LogP contribution >= 0.6 is 35.3 Å². The molecule has 0 spiro atoms. The Hall–Kier alpha value is -1.16. The second-order valence-electron chi connectivity index (χ2n) is 4.87. The molecule has 0 aliphatic rings. The minimum absolute atomic E-state index is 0. The largest absolute Gasteiger partial charge is 0.356 e. The molecule has 2 aromatic rings. The lowest BCUT2D eigenvalue weighted by atomic mass is 10.3. The lowest BCUT2D eigenvalue weighted by Crippen LogP contribution is -2.37. The minimum Gasteiger partial charge on any atom is -0.356 e. The SMILES string of the molecule is CN=C(NCCc1nc(C)c(C)s1)NCc1cn[nH]c1C.I. The van der Waals surface area contributed by atoms with Crippen LogP contribution < -0.4 is 10.6 Å². The van der Waals surface area contributed by atoms with Crippen molar-refractivity contribution in [1.82, 2.24) is 25.8 Å². The van der Waals surface area contributed by atoms with E-state index in [1.165, 1.54) is 9.88 Å². The van der Waals surface area contributed by atoms with E-state index in [-0.39, 0.29) is 24.0 Å². The van der Waals surface area contributed by atoms with E-state index in [0.29, 0.717) is 6.54 Å². The Bertz CT molecular complexity index is 599. The Morgan fingerprint density at radius 2 is 2.09 bits per heavy atom. The van der Waals surface area contributed by atoms with Gasteiger partial charge < -0.3 is 10.6 Å². The summed E-state index contributed by atoms with van der Waals surface area (Å²) in [6, 6.07) is 0. The highest BCUT2D eigenvalue weighted by molar-refractivity contribution is 14.0. The van der Waals surface area contributed by atoms with Crippen molar-refractivity contribution in [2.75, 3.05) is 13.6 Å². The predicted octanol–water partition coefficient (Wildman–Crippen LogP) is 2.32. The summed E-state index contributed by atoms with van der Waals surface area (Å²) >= 11 is 1.76. The number of hydrogen-bond donors (Lipinski definition) is 3. The number of nitrogens with one attached hydrogen (secondary N) is 3. The van der Waals surface area contributed by atoms with Gasteiger partial charge in [0.1, 0.15) is 0 Å². The molecule has 2 heterocycles. The highest BCUT2D eigenvalue weighted by Gasteiger charge is 2.05. The van der Waals surface area contributed by atoms with Crippen LogP contribution in [0.4, 0.5) is 0 Å². The number of thiazole rings is 1. The van der Waals surface area contributed by atoms with Crippen LogP contribution in [0.25, 0.3) is 0 Å². The third-order valence-electron chi connectivity index (χ3n) is 3.31. The van der Waals surface area contributed by atoms with Crippen LogP contribution in [0.3, 0.4) is 0 Å². The third-order valence-corrected chi connectivity index (χ3v) is 4.44. The van der Waals surface area contributed by atoms with Crippen molar-refractivity contribution in [1.29, 1.82) is 0 Å². The highest BCUT2D eigenvalue weighted by atomic mass is 127. The first-order valence-corrected chi connectivity index (χ1v) is 7.78. The van der Waals surface area contributed by atoms with E-state index < -0.39 is 0 Å². The van der Waals surface area contributed by atoms with E-state index in [9.17, 15) is 0 Å². The molecule has 0 bridgehead atoms. The van der Waals surface area contributed by atoms with E-state index in [0.717, 1.165) is 35.9 Å². The zero-order valence-corrected chi connectivity index (χ0v) is 16.5. The fourth-order valence-electron chi connectivity index (χ4n) is 1.89. The van der Waals surface area contributed by atoms with Crippen LogP contribution in [-0.2, 0) is 13.0 Å². The summed E-state index contributed by atoms with van der Waals surface area (Å²) in [4.78, 5) is 10.0. The molecule has 8 heteroatoms. The van der Waals surface area contributed by atoms with Crippen molar-refractivity contribution in [2.24, 2.45) is 4.99 Å². The summed E-state index contributed by atoms with van der Waals surface area (Å²) in [5.41, 5.74) is 3.35. The molecule has 22 heavy (non-hydrogen) atoms. The van der Waals surface area contributed by atoms with E-state index in [1.807, 2.05) is 13.1 Å². The molecule has 0 amide bonds. The summed E-state index contributed by atoms with van der Waals surface area (Å²) in [6.07, 6.45) is 2.74. The maximum atomic E-state index is 4.54. The number of H-pyrrole nitrogens is 1. The molecule has 2 aromatic heterocycles. The van der Waals surface area contributed by atoms with Crippen LogP contribution in [0, 0.1) is 20.8 Å². The monoisotopic (exact) mass is 434 g/mol. The smallest absolute Gasteiger partial charge is 0.191 e. The quantitative estimate of drug-likeness (QED) is 0.384. The lowest BCUT2D eigenvalue weighted by molar-refractivity contribution is 0.789. The molecule has 0 aromatic carbocycles. The van der Waals surface area contributed by atoms with Gasteiger partial charge in [-0.05, 0) is 20.8 Å². The van der Waals surface area contributed by atoms with Crippen molar-refractivity contribution < 1.29 is 0 Å². The first kappa shape index (κ1) is 18.9. The molecule has 2 rings (SSSR count). The van der Waals surface area contributed by atoms with Crippen molar-refractivity contribution in [3.8, 4) is 0 Å². The molecule has 122 valence electrons. The number of aliphatic imine (C=N–C) groups is 1. The van der Waals surface area contributed by atoms with Crippen molar-refractivity contribution >= 4 is 41.3 Å². The van der Waals surface area contributed by atoms with E-state index >= 15 is 0 Å². The van der Waals surface area contributed by atoms with Gasteiger partial charge in [0.2, 0.25) is 0 Å². The molecule has 0 radical (unpaired) electrons. The van der Waals surface area contributed by atoms with Gasteiger partial charge in [0.25, 0.3) is 0 Å². The molecule has 0 saturated heterocycles. The van der Waals surface area contributed by atoms with Gasteiger partial charge in [-0.1, -0.05) is 0 Å². The molecule has 0 unspecified atom stereocenters. The predicted molar refractivity (Wildman–Crippen MR) is 102 cm³/mol. The van der Waals surface area contributed by atoms with E-state index in [1.54, 1.807) is 18.4 Å². The molecule has 6 nitrogen and oxygen atoms in total. The Balaban J connectivity index is 0.00000242. The Morgan fingerprint density at radius 3 is 2.64 bits per heavy atom. The van der Waals surface area contributed by atoms with E-state index in [2.05, 4.69) is 44.7 Å². The summed E-state index contributed by atoms with van der Waals surface area (Å²) in [5, 5.41) is 14.7. The number of aromatic amines is 1. The van der Waals surface area contributed by atoms with Gasteiger partial charge in [0.15, 0.2) is 5.96 Å². The van der Waals surface area contributed by atoms with Crippen molar-refractivity contribution in [3.05, 3.63) is 33.0 Å². The number of hydrogen-bond acceptors (Lipinski definition) is 4. The first-order valence-electron chi connectivity index (χ1n) is 6.96. The number of nitrogens with zero attached hydrogens (tertiary/aromatic N) is 3. The maximum absolute atomic E-state index is 4.54. The molecule has 0 aliphatic carbocycles. The van der Waals surface area contributed by atoms with Crippen LogP contribution in [0.5, 0.6) is 0 Å². The number of rotatable bonds is 5. The zero-order chi connectivity index (χ0) is 15.2. The Kier molecular flexibility index (Phi) is 7.80. The zero-order valence-electron chi connectivity index (χ0n) is 13.4. The second-order valence-corrected chi connectivity index (χ2v) is 6.16. The van der Waals surface area contributed by atoms with Gasteiger partial charge >= 0.3 is 0 Å². The average molecular weight is 434 g/mol. The van der Waals surface area contributed by atoms with Crippen LogP contribution in [0.2, 0.25) is 0 Å². The lowest BCUT2D eigenvalue weighted by Gasteiger charge is -2.10. The Morgan fingerprint density at radius 1 is 1.32 bits per heavy atom. The molecular weight excluding hydrogens is 411 g/mol. The van der Waals surface area contributed by atoms with Crippen molar-refractivity contribution in [3.63, 3.8) is 0 Å². The maximum Gasteiger partial charge on any atom is 0.191 e. The summed E-state index contributed by atoms with van der Waals surface area (Å²) in [5.74, 6) is 0.792. The van der Waals surface area contributed by atoms with Gasteiger partial charge in [0.05, 0.1) is 16.9 Å². The van der Waals surface area contributed by atoms with Gasteiger partial charge in [-0.2, -0.15) is 5.10 Å². The van der Waals surface area contributed by atoms with E-state index in [4.69, 9.17) is 0 Å². The molecule has 0 fully saturated rings. The number of halogens is 1. The number of aromatic nitrogens is 3. The third kappa shape index (κ3) is 5.24.